The number of nitrogens with zero attached hydrogens (tertiary/aromatic N) is 3. The van der Waals surface area contributed by atoms with Crippen LogP contribution in [0, 0.1) is 12.8 Å². The standard InChI is InChI=1S/C16H21N3O/c1-12-5-4-9-18(10-8-12)16(20)14-11-19-13(2)6-3-7-15(19)17-14/h3,6-7,11-12H,4-5,8-10H2,1-2H3/t12-/m0/s1. The lowest BCUT2D eigenvalue weighted by Crippen LogP contribution is -2.32. The van der Waals surface area contributed by atoms with E-state index >= 15 is 0 Å². The van der Waals surface area contributed by atoms with Crippen molar-refractivity contribution in [3.8, 4) is 0 Å². The Morgan fingerprint density at radius 1 is 1.30 bits per heavy atom. The molecule has 0 bridgehead atoms. The zero-order valence-corrected chi connectivity index (χ0v) is 12.2. The first-order valence-electron chi connectivity index (χ1n) is 7.39. The van der Waals surface area contributed by atoms with Crippen molar-refractivity contribution >= 4 is 11.6 Å². The van der Waals surface area contributed by atoms with Crippen LogP contribution in [0.4, 0.5) is 0 Å². The third kappa shape index (κ3) is 2.42. The minimum atomic E-state index is 0.0715. The Hall–Kier alpha value is -1.84. The zero-order valence-electron chi connectivity index (χ0n) is 12.2. The van der Waals surface area contributed by atoms with Crippen LogP contribution in [0.15, 0.2) is 24.4 Å². The summed E-state index contributed by atoms with van der Waals surface area (Å²) in [5.41, 5.74) is 2.50. The molecule has 3 rings (SSSR count). The summed E-state index contributed by atoms with van der Waals surface area (Å²) in [6, 6.07) is 5.93. The van der Waals surface area contributed by atoms with Gasteiger partial charge in [0.25, 0.3) is 5.91 Å². The molecule has 106 valence electrons. The third-order valence-electron chi connectivity index (χ3n) is 4.22. The van der Waals surface area contributed by atoms with Gasteiger partial charge in [0.05, 0.1) is 0 Å². The van der Waals surface area contributed by atoms with Crippen molar-refractivity contribution in [2.24, 2.45) is 5.92 Å². The summed E-state index contributed by atoms with van der Waals surface area (Å²) in [5.74, 6) is 0.790. The highest BCUT2D eigenvalue weighted by Gasteiger charge is 2.21. The first kappa shape index (κ1) is 13.2. The van der Waals surface area contributed by atoms with Crippen LogP contribution in [-0.2, 0) is 0 Å². The summed E-state index contributed by atoms with van der Waals surface area (Å²) in [7, 11) is 0. The van der Waals surface area contributed by atoms with E-state index < -0.39 is 0 Å². The molecule has 1 atom stereocenters. The number of rotatable bonds is 1. The zero-order chi connectivity index (χ0) is 14.1. The predicted octanol–water partition coefficient (Wildman–Crippen LogP) is 2.90. The maximum atomic E-state index is 12.6. The van der Waals surface area contributed by atoms with Crippen LogP contribution in [0.2, 0.25) is 0 Å². The monoisotopic (exact) mass is 271 g/mol. The molecule has 0 aromatic carbocycles. The molecule has 0 unspecified atom stereocenters. The predicted molar refractivity (Wildman–Crippen MR) is 78.8 cm³/mol. The highest BCUT2D eigenvalue weighted by Crippen LogP contribution is 2.18. The molecule has 0 saturated carbocycles. The number of likely N-dealkylation sites (tertiary alicyclic amines) is 1. The fourth-order valence-electron chi connectivity index (χ4n) is 2.88. The lowest BCUT2D eigenvalue weighted by molar-refractivity contribution is 0.0755. The first-order valence-corrected chi connectivity index (χ1v) is 7.39. The average Bonchev–Trinajstić information content (AvgIpc) is 2.76. The average molecular weight is 271 g/mol. The molecule has 2 aromatic heterocycles. The number of hydrogen-bond acceptors (Lipinski definition) is 2. The van der Waals surface area contributed by atoms with Crippen LogP contribution in [0.3, 0.4) is 0 Å². The summed E-state index contributed by atoms with van der Waals surface area (Å²) < 4.78 is 1.98. The molecule has 1 aliphatic heterocycles. The van der Waals surface area contributed by atoms with E-state index in [-0.39, 0.29) is 5.91 Å². The number of fused-ring (bicyclic) bond motifs is 1. The topological polar surface area (TPSA) is 37.6 Å². The van der Waals surface area contributed by atoms with Gasteiger partial charge in [0.1, 0.15) is 11.3 Å². The summed E-state index contributed by atoms with van der Waals surface area (Å²) in [6.07, 6.45) is 5.27. The summed E-state index contributed by atoms with van der Waals surface area (Å²) >= 11 is 0. The molecule has 0 spiro atoms. The van der Waals surface area contributed by atoms with Gasteiger partial charge in [-0.3, -0.25) is 4.79 Å². The number of imidazole rings is 1. The van der Waals surface area contributed by atoms with E-state index in [1.807, 2.05) is 40.6 Å². The van der Waals surface area contributed by atoms with Crippen molar-refractivity contribution in [1.29, 1.82) is 0 Å². The number of hydrogen-bond donors (Lipinski definition) is 0. The maximum absolute atomic E-state index is 12.6. The van der Waals surface area contributed by atoms with Crippen LogP contribution in [0.25, 0.3) is 5.65 Å². The van der Waals surface area contributed by atoms with Crippen molar-refractivity contribution in [2.75, 3.05) is 13.1 Å². The third-order valence-corrected chi connectivity index (χ3v) is 4.22. The lowest BCUT2D eigenvalue weighted by Gasteiger charge is -2.19. The van der Waals surface area contributed by atoms with Gasteiger partial charge in [0.2, 0.25) is 0 Å². The Morgan fingerprint density at radius 2 is 2.15 bits per heavy atom. The normalized spacial score (nSPS) is 20.1. The van der Waals surface area contributed by atoms with Crippen molar-refractivity contribution in [1.82, 2.24) is 14.3 Å². The molecular formula is C16H21N3O. The molecule has 0 N–H and O–H groups in total. The Balaban J connectivity index is 1.86. The Kier molecular flexibility index (Phi) is 3.47. The fraction of sp³-hybridized carbons (Fsp3) is 0.500. The van der Waals surface area contributed by atoms with Gasteiger partial charge in [-0.25, -0.2) is 4.98 Å². The SMILES string of the molecule is Cc1cccc2nc(C(=O)N3CCC[C@H](C)CC3)cn12. The molecule has 1 aliphatic rings. The fourth-order valence-corrected chi connectivity index (χ4v) is 2.88. The number of carbonyl (C=O) groups excluding carboxylic acids is 1. The van der Waals surface area contributed by atoms with Crippen molar-refractivity contribution in [3.05, 3.63) is 35.8 Å². The van der Waals surface area contributed by atoms with Gasteiger partial charge in [0.15, 0.2) is 0 Å². The molecule has 1 saturated heterocycles. The van der Waals surface area contributed by atoms with Crippen LogP contribution in [0.1, 0.15) is 42.4 Å². The lowest BCUT2D eigenvalue weighted by atomic mass is 10.0. The Labute approximate surface area is 119 Å². The van der Waals surface area contributed by atoms with Crippen molar-refractivity contribution < 1.29 is 4.79 Å². The van der Waals surface area contributed by atoms with Gasteiger partial charge in [-0.05, 0) is 44.2 Å². The highest BCUT2D eigenvalue weighted by molar-refractivity contribution is 5.93. The van der Waals surface area contributed by atoms with E-state index in [4.69, 9.17) is 0 Å². The van der Waals surface area contributed by atoms with Gasteiger partial charge >= 0.3 is 0 Å². The molecule has 3 heterocycles. The van der Waals surface area contributed by atoms with Crippen molar-refractivity contribution in [2.45, 2.75) is 33.1 Å². The highest BCUT2D eigenvalue weighted by atomic mass is 16.2. The summed E-state index contributed by atoms with van der Waals surface area (Å²) in [4.78, 5) is 19.0. The van der Waals surface area contributed by atoms with Crippen LogP contribution < -0.4 is 0 Å². The van der Waals surface area contributed by atoms with Gasteiger partial charge < -0.3 is 9.30 Å². The van der Waals surface area contributed by atoms with Gasteiger partial charge in [-0.1, -0.05) is 13.0 Å². The number of aromatic nitrogens is 2. The number of carbonyl (C=O) groups is 1. The number of amides is 1. The van der Waals surface area contributed by atoms with Crippen LogP contribution >= 0.6 is 0 Å². The van der Waals surface area contributed by atoms with E-state index in [0.717, 1.165) is 43.2 Å². The minimum absolute atomic E-state index is 0.0715. The van der Waals surface area contributed by atoms with E-state index in [0.29, 0.717) is 5.69 Å². The second kappa shape index (κ2) is 5.27. The Bertz CT molecular complexity index is 632. The molecule has 1 fully saturated rings. The van der Waals surface area contributed by atoms with Crippen LogP contribution in [0.5, 0.6) is 0 Å². The van der Waals surface area contributed by atoms with Gasteiger partial charge in [-0.15, -0.1) is 0 Å². The quantitative estimate of drug-likeness (QED) is 0.799. The Morgan fingerprint density at radius 3 is 2.95 bits per heavy atom. The molecular weight excluding hydrogens is 250 g/mol. The first-order chi connectivity index (χ1) is 9.65. The largest absolute Gasteiger partial charge is 0.337 e. The molecule has 1 amide bonds. The van der Waals surface area contributed by atoms with E-state index in [1.165, 1.54) is 6.42 Å². The number of aryl methyl sites for hydroxylation is 1. The van der Waals surface area contributed by atoms with E-state index in [1.54, 1.807) is 0 Å². The molecule has 4 nitrogen and oxygen atoms in total. The second-order valence-corrected chi connectivity index (χ2v) is 5.85. The summed E-state index contributed by atoms with van der Waals surface area (Å²) in [6.45, 7) is 6.00. The minimum Gasteiger partial charge on any atom is -0.337 e. The smallest absolute Gasteiger partial charge is 0.274 e. The molecule has 0 aliphatic carbocycles. The molecule has 20 heavy (non-hydrogen) atoms. The molecule has 0 radical (unpaired) electrons. The van der Waals surface area contributed by atoms with E-state index in [2.05, 4.69) is 11.9 Å². The van der Waals surface area contributed by atoms with Gasteiger partial charge in [0, 0.05) is 25.0 Å². The molecule has 2 aromatic rings. The second-order valence-electron chi connectivity index (χ2n) is 5.85. The van der Waals surface area contributed by atoms with Crippen LogP contribution in [-0.4, -0.2) is 33.3 Å². The maximum Gasteiger partial charge on any atom is 0.274 e. The van der Waals surface area contributed by atoms with E-state index in [9.17, 15) is 4.79 Å². The summed E-state index contributed by atoms with van der Waals surface area (Å²) in [5, 5.41) is 0. The van der Waals surface area contributed by atoms with Gasteiger partial charge in [-0.2, -0.15) is 0 Å². The van der Waals surface area contributed by atoms with Crippen molar-refractivity contribution in [3.63, 3.8) is 0 Å². The molecule has 4 heteroatoms. The number of pyridine rings is 1.